The Bertz CT molecular complexity index is 39.1. The zero-order valence-corrected chi connectivity index (χ0v) is 5.42. The highest BCUT2D eigenvalue weighted by molar-refractivity contribution is 7.81. The molecule has 0 heterocycles. The van der Waals surface area contributed by atoms with E-state index in [0.29, 0.717) is 0 Å². The molecule has 0 fully saturated rings. The van der Waals surface area contributed by atoms with Crippen molar-refractivity contribution in [3.63, 3.8) is 0 Å². The third-order valence-electron chi connectivity index (χ3n) is 0.800. The van der Waals surface area contributed by atoms with Crippen molar-refractivity contribution in [3.05, 3.63) is 0 Å². The number of alkyl halides is 1. The highest BCUT2D eigenvalue weighted by Gasteiger charge is 1.96. The van der Waals surface area contributed by atoms with Crippen molar-refractivity contribution >= 4 is 12.6 Å². The largest absolute Gasteiger partial charge is 0.250 e. The molecule has 1 atom stereocenters. The van der Waals surface area contributed by atoms with Crippen LogP contribution in [0.5, 0.6) is 0 Å². The highest BCUT2D eigenvalue weighted by atomic mass is 32.1. The lowest BCUT2D eigenvalue weighted by atomic mass is 10.3. The molecule has 0 aliphatic heterocycles. The van der Waals surface area contributed by atoms with Crippen LogP contribution >= 0.6 is 12.6 Å². The van der Waals surface area contributed by atoms with E-state index in [0.717, 1.165) is 12.8 Å². The summed E-state index contributed by atoms with van der Waals surface area (Å²) in [5.74, 6) is 0. The van der Waals surface area contributed by atoms with Crippen molar-refractivity contribution in [2.75, 3.05) is 6.67 Å². The minimum atomic E-state index is -0.295. The summed E-state index contributed by atoms with van der Waals surface area (Å²) in [6.07, 6.45) is 1.91. The van der Waals surface area contributed by atoms with Gasteiger partial charge in [-0.15, -0.1) is 0 Å². The van der Waals surface area contributed by atoms with Gasteiger partial charge in [0.1, 0.15) is 6.67 Å². The maximum atomic E-state index is 11.5. The van der Waals surface area contributed by atoms with Crippen molar-refractivity contribution in [1.82, 2.24) is 0 Å². The molecule has 0 N–H and O–H groups in total. The van der Waals surface area contributed by atoms with Crippen LogP contribution in [-0.4, -0.2) is 11.9 Å². The number of halogens is 1. The van der Waals surface area contributed by atoms with Crippen molar-refractivity contribution in [3.8, 4) is 0 Å². The van der Waals surface area contributed by atoms with E-state index in [1.54, 1.807) is 0 Å². The summed E-state index contributed by atoms with van der Waals surface area (Å²) in [5, 5.41) is -0.0231. The van der Waals surface area contributed by atoms with Crippen LogP contribution in [0, 0.1) is 0 Å². The van der Waals surface area contributed by atoms with Crippen LogP contribution in [-0.2, 0) is 0 Å². The molecule has 0 spiro atoms. The first-order valence-electron chi connectivity index (χ1n) is 2.55. The smallest absolute Gasteiger partial charge is 0.101 e. The van der Waals surface area contributed by atoms with E-state index in [4.69, 9.17) is 0 Å². The third kappa shape index (κ3) is 4.13. The Balaban J connectivity index is 2.83. The van der Waals surface area contributed by atoms with E-state index in [1.807, 2.05) is 6.92 Å². The molecule has 0 saturated heterocycles. The molecule has 0 rings (SSSR count). The minimum absolute atomic E-state index is 0.0231. The quantitative estimate of drug-likeness (QED) is 0.543. The Kier molecular flexibility index (Phi) is 4.62. The fourth-order valence-corrected chi connectivity index (χ4v) is 0.669. The molecule has 0 bridgehead atoms. The number of thiol groups is 1. The highest BCUT2D eigenvalue weighted by Crippen LogP contribution is 2.03. The summed E-state index contributed by atoms with van der Waals surface area (Å²) < 4.78 is 11.5. The third-order valence-corrected chi connectivity index (χ3v) is 1.20. The van der Waals surface area contributed by atoms with Gasteiger partial charge in [-0.05, 0) is 6.42 Å². The topological polar surface area (TPSA) is 0 Å². The van der Waals surface area contributed by atoms with E-state index in [-0.39, 0.29) is 11.9 Å². The first-order valence-corrected chi connectivity index (χ1v) is 3.07. The summed E-state index contributed by atoms with van der Waals surface area (Å²) >= 11 is 3.94. The van der Waals surface area contributed by atoms with Gasteiger partial charge < -0.3 is 0 Å². The predicted octanol–water partition coefficient (Wildman–Crippen LogP) is 2.05. The number of hydrogen-bond donors (Lipinski definition) is 1. The maximum Gasteiger partial charge on any atom is 0.101 e. The fourth-order valence-electron chi connectivity index (χ4n) is 0.410. The molecular formula is C5H11FS. The molecule has 0 aromatic carbocycles. The van der Waals surface area contributed by atoms with Gasteiger partial charge in [0.25, 0.3) is 0 Å². The van der Waals surface area contributed by atoms with Crippen molar-refractivity contribution in [2.24, 2.45) is 0 Å². The number of rotatable bonds is 3. The Morgan fingerprint density at radius 2 is 2.29 bits per heavy atom. The summed E-state index contributed by atoms with van der Waals surface area (Å²) in [4.78, 5) is 0. The van der Waals surface area contributed by atoms with Gasteiger partial charge >= 0.3 is 0 Å². The van der Waals surface area contributed by atoms with Crippen LogP contribution < -0.4 is 0 Å². The lowest BCUT2D eigenvalue weighted by Gasteiger charge is -1.99. The summed E-state index contributed by atoms with van der Waals surface area (Å²) in [7, 11) is 0. The molecule has 0 aromatic rings. The molecule has 0 aliphatic carbocycles. The van der Waals surface area contributed by atoms with Gasteiger partial charge in [-0.2, -0.15) is 12.6 Å². The van der Waals surface area contributed by atoms with Gasteiger partial charge in [-0.25, -0.2) is 4.39 Å². The van der Waals surface area contributed by atoms with E-state index >= 15 is 0 Å². The molecule has 2 heteroatoms. The van der Waals surface area contributed by atoms with Gasteiger partial charge in [0.2, 0.25) is 0 Å². The van der Waals surface area contributed by atoms with Crippen LogP contribution in [0.3, 0.4) is 0 Å². The molecule has 0 amide bonds. The lowest BCUT2D eigenvalue weighted by molar-refractivity contribution is 0.471. The van der Waals surface area contributed by atoms with E-state index in [9.17, 15) is 4.39 Å². The van der Waals surface area contributed by atoms with E-state index < -0.39 is 0 Å². The first-order chi connectivity index (χ1) is 3.31. The molecule has 0 radical (unpaired) electrons. The molecule has 0 aliphatic rings. The fraction of sp³-hybridized carbons (Fsp3) is 1.00. The molecule has 0 nitrogen and oxygen atoms in total. The van der Waals surface area contributed by atoms with Crippen LogP contribution in [0.2, 0.25) is 0 Å². The second kappa shape index (κ2) is 4.44. The van der Waals surface area contributed by atoms with E-state index in [1.165, 1.54) is 0 Å². The molecule has 0 aromatic heterocycles. The van der Waals surface area contributed by atoms with Gasteiger partial charge in [-0.3, -0.25) is 0 Å². The minimum Gasteiger partial charge on any atom is -0.250 e. The standard InChI is InChI=1S/C5H11FS/c1-2-3-5(7)4-6/h5,7H,2-4H2,1H3/i6-1. The van der Waals surface area contributed by atoms with Crippen LogP contribution in [0.25, 0.3) is 0 Å². The number of hydrogen-bond acceptors (Lipinski definition) is 1. The average Bonchev–Trinajstić information content (AvgIpc) is 1.68. The van der Waals surface area contributed by atoms with E-state index in [2.05, 4.69) is 12.6 Å². The van der Waals surface area contributed by atoms with Crippen molar-refractivity contribution in [2.45, 2.75) is 25.0 Å². The van der Waals surface area contributed by atoms with Crippen LogP contribution in [0.15, 0.2) is 0 Å². The van der Waals surface area contributed by atoms with Crippen molar-refractivity contribution in [1.29, 1.82) is 0 Å². The van der Waals surface area contributed by atoms with Gasteiger partial charge in [0.05, 0.1) is 0 Å². The zero-order valence-electron chi connectivity index (χ0n) is 4.52. The Morgan fingerprint density at radius 1 is 1.71 bits per heavy atom. The molecule has 7 heavy (non-hydrogen) atoms. The van der Waals surface area contributed by atoms with Gasteiger partial charge in [0.15, 0.2) is 0 Å². The Morgan fingerprint density at radius 3 is 2.43 bits per heavy atom. The van der Waals surface area contributed by atoms with Crippen LogP contribution in [0.1, 0.15) is 19.8 Å². The first kappa shape index (κ1) is 7.28. The summed E-state index contributed by atoms with van der Waals surface area (Å²) in [6, 6.07) is 0. The molecule has 1 unspecified atom stereocenters. The second-order valence-corrected chi connectivity index (χ2v) is 2.33. The van der Waals surface area contributed by atoms with Crippen LogP contribution in [0.4, 0.5) is 4.39 Å². The SMILES string of the molecule is CCCC(S)C[18F]. The van der Waals surface area contributed by atoms with Gasteiger partial charge in [0, 0.05) is 5.25 Å². The molecular weight excluding hydrogens is 110 g/mol. The predicted molar refractivity (Wildman–Crippen MR) is 33.7 cm³/mol. The zero-order chi connectivity index (χ0) is 5.70. The Hall–Kier alpha value is 0.280. The molecule has 0 saturated carbocycles. The summed E-state index contributed by atoms with van der Waals surface area (Å²) in [5.41, 5.74) is 0. The summed E-state index contributed by atoms with van der Waals surface area (Å²) in [6.45, 7) is 1.73. The maximum absolute atomic E-state index is 11.5. The normalized spacial score (nSPS) is 14.1. The second-order valence-electron chi connectivity index (χ2n) is 1.60. The van der Waals surface area contributed by atoms with Crippen molar-refractivity contribution < 1.29 is 4.39 Å². The monoisotopic (exact) mass is 121 g/mol. The average molecular weight is 121 g/mol. The Labute approximate surface area is 49.5 Å². The molecule has 44 valence electrons. The van der Waals surface area contributed by atoms with Gasteiger partial charge in [-0.1, -0.05) is 13.3 Å². The lowest BCUT2D eigenvalue weighted by Crippen LogP contribution is -1.98.